The van der Waals surface area contributed by atoms with Gasteiger partial charge in [-0.25, -0.2) is 0 Å². The summed E-state index contributed by atoms with van der Waals surface area (Å²) in [6, 6.07) is 10.2. The van der Waals surface area contributed by atoms with E-state index >= 15 is 0 Å². The third-order valence-corrected chi connectivity index (χ3v) is 1.40. The fourth-order valence-electron chi connectivity index (χ4n) is 0.877. The third-order valence-electron chi connectivity index (χ3n) is 1.40. The maximum Gasteiger partial charge on any atom is 0.307 e. The fourth-order valence-corrected chi connectivity index (χ4v) is 0.877. The second-order valence-corrected chi connectivity index (χ2v) is 2.67. The minimum atomic E-state index is -0.329. The third kappa shape index (κ3) is 8.56. The molecule has 0 aliphatic rings. The Balaban J connectivity index is 0.000000288. The van der Waals surface area contributed by atoms with Gasteiger partial charge in [0.15, 0.2) is 0 Å². The van der Waals surface area contributed by atoms with Gasteiger partial charge >= 0.3 is 5.97 Å². The Morgan fingerprint density at radius 1 is 1.47 bits per heavy atom. The molecule has 0 bridgehead atoms. The molecule has 0 unspecified atom stereocenters. The summed E-state index contributed by atoms with van der Waals surface area (Å²) in [6.07, 6.45) is 1.10. The van der Waals surface area contributed by atoms with Crippen molar-refractivity contribution in [1.82, 2.24) is 0 Å². The first kappa shape index (κ1) is 13.2. The maximum absolute atomic E-state index is 9.75. The van der Waals surface area contributed by atoms with E-state index in [1.54, 1.807) is 0 Å². The number of hydrogen-bond acceptors (Lipinski definition) is 3. The van der Waals surface area contributed by atoms with Crippen LogP contribution in [0.4, 0.5) is 5.69 Å². The van der Waals surface area contributed by atoms with E-state index in [0.29, 0.717) is 0 Å². The summed E-state index contributed by atoms with van der Waals surface area (Å²) in [5, 5.41) is 3.21. The molecule has 1 N–H and O–H groups in total. The van der Waals surface area contributed by atoms with Crippen molar-refractivity contribution in [3.05, 3.63) is 43.2 Å². The Hall–Kier alpha value is -1.77. The van der Waals surface area contributed by atoms with E-state index in [-0.39, 0.29) is 5.97 Å². The zero-order chi connectivity index (χ0) is 11.5. The van der Waals surface area contributed by atoms with Crippen molar-refractivity contribution < 1.29 is 9.53 Å². The number of carbonyl (C=O) groups excluding carboxylic acids is 1. The first-order chi connectivity index (χ1) is 7.20. The van der Waals surface area contributed by atoms with Crippen LogP contribution >= 0.6 is 0 Å². The molecule has 3 heteroatoms. The molecule has 1 rings (SSSR count). The molecule has 1 aromatic rings. The molecule has 0 aliphatic carbocycles. The standard InChI is InChI=1S/C8H11N.C4H6O2/c1-2-9-8-6-4-3-5-7-8;1-3-6-4(2)5/h3-7,9H,2H2,1H3;3H,1H2,2H3. The number of benzene rings is 1. The summed E-state index contributed by atoms with van der Waals surface area (Å²) in [5.41, 5.74) is 1.19. The molecule has 0 saturated heterocycles. The van der Waals surface area contributed by atoms with Crippen LogP contribution in [-0.2, 0) is 9.53 Å². The van der Waals surface area contributed by atoms with Crippen LogP contribution in [0.25, 0.3) is 0 Å². The highest BCUT2D eigenvalue weighted by molar-refractivity contribution is 5.66. The molecule has 0 aromatic heterocycles. The first-order valence-corrected chi connectivity index (χ1v) is 4.77. The summed E-state index contributed by atoms with van der Waals surface area (Å²) in [4.78, 5) is 9.75. The van der Waals surface area contributed by atoms with Crippen molar-refractivity contribution in [3.8, 4) is 0 Å². The summed E-state index contributed by atoms with van der Waals surface area (Å²) in [7, 11) is 0. The molecule has 0 amide bonds. The number of para-hydroxylation sites is 1. The molecule has 3 nitrogen and oxygen atoms in total. The number of carbonyl (C=O) groups is 1. The summed E-state index contributed by atoms with van der Waals surface area (Å²) >= 11 is 0. The maximum atomic E-state index is 9.75. The smallest absolute Gasteiger partial charge is 0.307 e. The largest absolute Gasteiger partial charge is 0.435 e. The predicted molar refractivity (Wildman–Crippen MR) is 62.6 cm³/mol. The number of anilines is 1. The monoisotopic (exact) mass is 207 g/mol. The van der Waals surface area contributed by atoms with Gasteiger partial charge in [-0.1, -0.05) is 24.8 Å². The minimum absolute atomic E-state index is 0.329. The predicted octanol–water partition coefficient (Wildman–Crippen LogP) is 2.81. The lowest BCUT2D eigenvalue weighted by molar-refractivity contribution is -0.135. The molecule has 82 valence electrons. The van der Waals surface area contributed by atoms with Gasteiger partial charge in [0.1, 0.15) is 0 Å². The molecular weight excluding hydrogens is 190 g/mol. The highest BCUT2D eigenvalue weighted by Crippen LogP contribution is 2.02. The van der Waals surface area contributed by atoms with Gasteiger partial charge in [-0.3, -0.25) is 4.79 Å². The van der Waals surface area contributed by atoms with Crippen LogP contribution < -0.4 is 5.32 Å². The van der Waals surface area contributed by atoms with Crippen molar-refractivity contribution in [2.45, 2.75) is 13.8 Å². The van der Waals surface area contributed by atoms with E-state index < -0.39 is 0 Å². The van der Waals surface area contributed by atoms with Crippen molar-refractivity contribution in [3.63, 3.8) is 0 Å². The number of ether oxygens (including phenoxy) is 1. The molecule has 1 aromatic carbocycles. The first-order valence-electron chi connectivity index (χ1n) is 4.77. The zero-order valence-corrected chi connectivity index (χ0v) is 9.19. The molecule has 0 saturated carbocycles. The number of rotatable bonds is 3. The molecule has 0 fully saturated rings. The second-order valence-electron chi connectivity index (χ2n) is 2.67. The van der Waals surface area contributed by atoms with Gasteiger partial charge in [-0.05, 0) is 19.1 Å². The summed E-state index contributed by atoms with van der Waals surface area (Å²) < 4.78 is 4.17. The van der Waals surface area contributed by atoms with Gasteiger partial charge < -0.3 is 10.1 Å². The Labute approximate surface area is 90.8 Å². The lowest BCUT2D eigenvalue weighted by Gasteiger charge is -1.99. The van der Waals surface area contributed by atoms with Crippen LogP contribution in [0, 0.1) is 0 Å². The Morgan fingerprint density at radius 3 is 2.40 bits per heavy atom. The molecule has 0 atom stereocenters. The van der Waals surface area contributed by atoms with Crippen molar-refractivity contribution >= 4 is 11.7 Å². The highest BCUT2D eigenvalue weighted by atomic mass is 16.5. The lowest BCUT2D eigenvalue weighted by atomic mass is 10.3. The normalized spacial score (nSPS) is 8.13. The van der Waals surface area contributed by atoms with Crippen LogP contribution in [0.2, 0.25) is 0 Å². The number of hydrogen-bond donors (Lipinski definition) is 1. The zero-order valence-electron chi connectivity index (χ0n) is 9.19. The lowest BCUT2D eigenvalue weighted by Crippen LogP contribution is -1.94. The van der Waals surface area contributed by atoms with Gasteiger partial charge in [0, 0.05) is 19.2 Å². The summed E-state index contributed by atoms with van der Waals surface area (Å²) in [6.45, 7) is 7.56. The minimum Gasteiger partial charge on any atom is -0.435 e. The quantitative estimate of drug-likeness (QED) is 0.611. The average Bonchev–Trinajstić information content (AvgIpc) is 2.20. The molecule has 0 radical (unpaired) electrons. The topological polar surface area (TPSA) is 38.3 Å². The molecule has 15 heavy (non-hydrogen) atoms. The van der Waals surface area contributed by atoms with E-state index in [4.69, 9.17) is 0 Å². The van der Waals surface area contributed by atoms with Gasteiger partial charge in [0.25, 0.3) is 0 Å². The van der Waals surface area contributed by atoms with Gasteiger partial charge in [0.2, 0.25) is 0 Å². The van der Waals surface area contributed by atoms with E-state index in [0.717, 1.165) is 12.8 Å². The van der Waals surface area contributed by atoms with E-state index in [1.807, 2.05) is 18.2 Å². The fraction of sp³-hybridized carbons (Fsp3) is 0.250. The van der Waals surface area contributed by atoms with E-state index in [9.17, 15) is 4.79 Å². The van der Waals surface area contributed by atoms with Gasteiger partial charge in [0.05, 0.1) is 6.26 Å². The van der Waals surface area contributed by atoms with E-state index in [1.165, 1.54) is 12.6 Å². The number of nitrogens with one attached hydrogen (secondary N) is 1. The van der Waals surface area contributed by atoms with Crippen molar-refractivity contribution in [2.24, 2.45) is 0 Å². The summed E-state index contributed by atoms with van der Waals surface area (Å²) in [5.74, 6) is -0.329. The molecular formula is C12H17NO2. The SMILES string of the molecule is C=COC(C)=O.CCNc1ccccc1. The number of esters is 1. The van der Waals surface area contributed by atoms with Crippen LogP contribution in [0.3, 0.4) is 0 Å². The molecule has 0 spiro atoms. The van der Waals surface area contributed by atoms with Crippen LogP contribution in [0.15, 0.2) is 43.2 Å². The van der Waals surface area contributed by atoms with Crippen molar-refractivity contribution in [2.75, 3.05) is 11.9 Å². The van der Waals surface area contributed by atoms with Crippen LogP contribution in [-0.4, -0.2) is 12.5 Å². The van der Waals surface area contributed by atoms with Gasteiger partial charge in [-0.15, -0.1) is 0 Å². The molecule has 0 aliphatic heterocycles. The highest BCUT2D eigenvalue weighted by Gasteiger charge is 1.81. The van der Waals surface area contributed by atoms with Crippen molar-refractivity contribution in [1.29, 1.82) is 0 Å². The Kier molecular flexibility index (Phi) is 7.77. The van der Waals surface area contributed by atoms with E-state index in [2.05, 4.69) is 35.7 Å². The second kappa shape index (κ2) is 8.81. The Bertz CT molecular complexity index is 283. The van der Waals surface area contributed by atoms with Gasteiger partial charge in [-0.2, -0.15) is 0 Å². The van der Waals surface area contributed by atoms with Crippen LogP contribution in [0.5, 0.6) is 0 Å². The molecule has 0 heterocycles. The average molecular weight is 207 g/mol. The Morgan fingerprint density at radius 2 is 2.07 bits per heavy atom. The van der Waals surface area contributed by atoms with Crippen LogP contribution in [0.1, 0.15) is 13.8 Å².